The lowest BCUT2D eigenvalue weighted by Gasteiger charge is -1.98. The minimum absolute atomic E-state index is 0.764. The summed E-state index contributed by atoms with van der Waals surface area (Å²) in [7, 11) is 0. The summed E-state index contributed by atoms with van der Waals surface area (Å²) in [5, 5.41) is 4.17. The lowest BCUT2D eigenvalue weighted by atomic mass is 10.1. The Morgan fingerprint density at radius 2 is 1.79 bits per heavy atom. The largest absolute Gasteiger partial charge is 0.464 e. The molecule has 3 rings (SSSR count). The molecule has 0 aliphatic carbocycles. The molecule has 0 unspecified atom stereocenters. The van der Waals surface area contributed by atoms with Gasteiger partial charge >= 0.3 is 0 Å². The quantitative estimate of drug-likeness (QED) is 0.532. The Kier molecular flexibility index (Phi) is 1.55. The van der Waals surface area contributed by atoms with E-state index in [1.54, 1.807) is 6.26 Å². The molecule has 3 aromatic rings. The van der Waals surface area contributed by atoms with Gasteiger partial charge in [0.05, 0.1) is 6.26 Å². The fourth-order valence-electron chi connectivity index (χ4n) is 1.68. The fraction of sp³-hybridized carbons (Fsp3) is 0. The van der Waals surface area contributed by atoms with Gasteiger partial charge in [0.1, 0.15) is 5.58 Å². The van der Waals surface area contributed by atoms with Crippen molar-refractivity contribution in [2.75, 3.05) is 0 Å². The van der Waals surface area contributed by atoms with Gasteiger partial charge < -0.3 is 4.42 Å². The van der Waals surface area contributed by atoms with Crippen LogP contribution in [0.1, 0.15) is 0 Å². The first-order valence-electron chi connectivity index (χ1n) is 4.39. The molecule has 2 aromatic carbocycles. The average molecular weight is 203 g/mol. The summed E-state index contributed by atoms with van der Waals surface area (Å²) in [4.78, 5) is 0. The summed E-state index contributed by atoms with van der Waals surface area (Å²) in [5.74, 6) is 0. The molecule has 1 heterocycles. The van der Waals surface area contributed by atoms with Crippen molar-refractivity contribution in [2.45, 2.75) is 0 Å². The number of rotatable bonds is 0. The minimum atomic E-state index is 0.764. The maximum Gasteiger partial charge on any atom is 0.134 e. The molecule has 0 aliphatic heterocycles. The number of furan rings is 1. The van der Waals surface area contributed by atoms with Gasteiger partial charge in [-0.15, -0.1) is 0 Å². The van der Waals surface area contributed by atoms with Gasteiger partial charge in [-0.3, -0.25) is 0 Å². The third kappa shape index (κ3) is 1.10. The lowest BCUT2D eigenvalue weighted by molar-refractivity contribution is 0.616. The molecule has 1 nitrogen and oxygen atoms in total. The Balaban J connectivity index is 2.50. The number of halogens is 1. The number of hydrogen-bond acceptors (Lipinski definition) is 1. The topological polar surface area (TPSA) is 13.1 Å². The molecule has 0 atom stereocenters. The molecule has 0 saturated carbocycles. The highest BCUT2D eigenvalue weighted by Crippen LogP contribution is 2.25. The molecular weight excluding hydrogens is 196 g/mol. The van der Waals surface area contributed by atoms with Crippen molar-refractivity contribution < 1.29 is 4.42 Å². The summed E-state index contributed by atoms with van der Waals surface area (Å²) in [5.41, 5.74) is 0.917. The molecule has 0 fully saturated rings. The molecule has 0 radical (unpaired) electrons. The SMILES string of the molecule is Clc1ccc2cc3occc3cc2c1. The third-order valence-corrected chi connectivity index (χ3v) is 2.61. The molecule has 0 amide bonds. The zero-order valence-corrected chi connectivity index (χ0v) is 8.08. The van der Waals surface area contributed by atoms with E-state index in [0.717, 1.165) is 26.8 Å². The molecule has 0 aliphatic rings. The molecule has 14 heavy (non-hydrogen) atoms. The van der Waals surface area contributed by atoms with Crippen LogP contribution >= 0.6 is 11.6 Å². The zero-order chi connectivity index (χ0) is 9.54. The van der Waals surface area contributed by atoms with E-state index < -0.39 is 0 Å². The number of hydrogen-bond donors (Lipinski definition) is 0. The van der Waals surface area contributed by atoms with Crippen molar-refractivity contribution in [3.8, 4) is 0 Å². The van der Waals surface area contributed by atoms with Crippen molar-refractivity contribution in [1.29, 1.82) is 0 Å². The van der Waals surface area contributed by atoms with Gasteiger partial charge in [0.15, 0.2) is 0 Å². The van der Waals surface area contributed by atoms with Crippen LogP contribution in [0.25, 0.3) is 21.7 Å². The highest BCUT2D eigenvalue weighted by Gasteiger charge is 2.00. The van der Waals surface area contributed by atoms with Gasteiger partial charge in [-0.25, -0.2) is 0 Å². The van der Waals surface area contributed by atoms with E-state index in [4.69, 9.17) is 16.0 Å². The van der Waals surface area contributed by atoms with Crippen molar-refractivity contribution in [2.24, 2.45) is 0 Å². The van der Waals surface area contributed by atoms with E-state index in [-0.39, 0.29) is 0 Å². The van der Waals surface area contributed by atoms with E-state index in [2.05, 4.69) is 6.07 Å². The van der Waals surface area contributed by atoms with Crippen molar-refractivity contribution in [3.05, 3.63) is 47.7 Å². The monoisotopic (exact) mass is 202 g/mol. The number of benzene rings is 2. The van der Waals surface area contributed by atoms with E-state index in [0.29, 0.717) is 0 Å². The smallest absolute Gasteiger partial charge is 0.134 e. The molecule has 1 aromatic heterocycles. The minimum Gasteiger partial charge on any atom is -0.464 e. The summed E-state index contributed by atoms with van der Waals surface area (Å²) < 4.78 is 5.32. The Hall–Kier alpha value is -1.47. The van der Waals surface area contributed by atoms with Gasteiger partial charge in [0.2, 0.25) is 0 Å². The van der Waals surface area contributed by atoms with Gasteiger partial charge in [0.25, 0.3) is 0 Å². The van der Waals surface area contributed by atoms with Crippen molar-refractivity contribution in [3.63, 3.8) is 0 Å². The van der Waals surface area contributed by atoms with Gasteiger partial charge in [-0.1, -0.05) is 17.7 Å². The van der Waals surface area contributed by atoms with Crippen molar-refractivity contribution in [1.82, 2.24) is 0 Å². The zero-order valence-electron chi connectivity index (χ0n) is 7.33. The van der Waals surface area contributed by atoms with E-state index in [9.17, 15) is 0 Å². The van der Waals surface area contributed by atoms with Crippen LogP contribution in [0.4, 0.5) is 0 Å². The Labute approximate surface area is 85.9 Å². The molecule has 0 N–H and O–H groups in total. The molecule has 68 valence electrons. The predicted molar refractivity (Wildman–Crippen MR) is 58.7 cm³/mol. The first kappa shape index (κ1) is 7.89. The Morgan fingerprint density at radius 3 is 2.71 bits per heavy atom. The second kappa shape index (κ2) is 2.76. The van der Waals surface area contributed by atoms with Gasteiger partial charge in [-0.05, 0) is 41.1 Å². The van der Waals surface area contributed by atoms with Crippen LogP contribution in [0.2, 0.25) is 5.02 Å². The highest BCUT2D eigenvalue weighted by molar-refractivity contribution is 6.31. The van der Waals surface area contributed by atoms with E-state index in [1.165, 1.54) is 0 Å². The molecule has 2 heteroatoms. The molecule has 0 spiro atoms. The summed E-state index contributed by atoms with van der Waals surface area (Å²) in [6.07, 6.45) is 1.70. The second-order valence-corrected chi connectivity index (χ2v) is 3.74. The van der Waals surface area contributed by atoms with Gasteiger partial charge in [0, 0.05) is 10.4 Å². The van der Waals surface area contributed by atoms with Gasteiger partial charge in [-0.2, -0.15) is 0 Å². The average Bonchev–Trinajstić information content (AvgIpc) is 2.61. The van der Waals surface area contributed by atoms with Crippen molar-refractivity contribution >= 4 is 33.3 Å². The van der Waals surface area contributed by atoms with E-state index in [1.807, 2.05) is 30.3 Å². The molecular formula is C12H7ClO. The fourth-order valence-corrected chi connectivity index (χ4v) is 1.86. The first-order valence-corrected chi connectivity index (χ1v) is 4.77. The summed E-state index contributed by atoms with van der Waals surface area (Å²) in [6.45, 7) is 0. The Bertz CT molecular complexity index is 610. The summed E-state index contributed by atoms with van der Waals surface area (Å²) in [6, 6.07) is 11.9. The van der Waals surface area contributed by atoms with Crippen LogP contribution in [-0.4, -0.2) is 0 Å². The van der Waals surface area contributed by atoms with Crippen LogP contribution in [0.15, 0.2) is 47.1 Å². The van der Waals surface area contributed by atoms with Crippen LogP contribution < -0.4 is 0 Å². The van der Waals surface area contributed by atoms with Crippen LogP contribution in [-0.2, 0) is 0 Å². The molecule has 0 bridgehead atoms. The highest BCUT2D eigenvalue weighted by atomic mass is 35.5. The molecule has 0 saturated heterocycles. The van der Waals surface area contributed by atoms with E-state index >= 15 is 0 Å². The normalized spacial score (nSPS) is 11.2. The second-order valence-electron chi connectivity index (χ2n) is 3.30. The maximum absolute atomic E-state index is 5.92. The number of fused-ring (bicyclic) bond motifs is 2. The van der Waals surface area contributed by atoms with Crippen LogP contribution in [0, 0.1) is 0 Å². The van der Waals surface area contributed by atoms with Crippen LogP contribution in [0.5, 0.6) is 0 Å². The standard InChI is InChI=1S/C12H7ClO/c13-11-2-1-8-7-12-9(3-4-14-12)5-10(8)6-11/h1-7H. The third-order valence-electron chi connectivity index (χ3n) is 2.37. The predicted octanol–water partition coefficient (Wildman–Crippen LogP) is 4.24. The lowest BCUT2D eigenvalue weighted by Crippen LogP contribution is -1.72. The Morgan fingerprint density at radius 1 is 0.857 bits per heavy atom. The summed E-state index contributed by atoms with van der Waals surface area (Å²) >= 11 is 5.92. The maximum atomic E-state index is 5.92. The first-order chi connectivity index (χ1) is 6.83. The van der Waals surface area contributed by atoms with Crippen LogP contribution in [0.3, 0.4) is 0 Å².